The number of ketones is 1. The second-order valence-electron chi connectivity index (χ2n) is 6.85. The Morgan fingerprint density at radius 3 is 2.80 bits per heavy atom. The summed E-state index contributed by atoms with van der Waals surface area (Å²) in [6.07, 6.45) is 4.06. The first-order chi connectivity index (χ1) is 14.2. The predicted octanol–water partition coefficient (Wildman–Crippen LogP) is 1.46. The van der Waals surface area contributed by atoms with Crippen LogP contribution in [0.15, 0.2) is 34.9 Å². The molecule has 1 saturated heterocycles. The number of thiophene rings is 1. The number of sulfonamides is 1. The number of carbonyl (C=O) groups is 3. The van der Waals surface area contributed by atoms with Gasteiger partial charge in [0.1, 0.15) is 6.04 Å². The third-order valence-corrected chi connectivity index (χ3v) is 6.45. The number of furan rings is 1. The van der Waals surface area contributed by atoms with Crippen molar-refractivity contribution in [2.75, 3.05) is 26.0 Å². The van der Waals surface area contributed by atoms with Crippen molar-refractivity contribution in [3.05, 3.63) is 46.0 Å². The summed E-state index contributed by atoms with van der Waals surface area (Å²) < 4.78 is 34.8. The maximum atomic E-state index is 12.4. The van der Waals surface area contributed by atoms with Crippen LogP contribution < -0.4 is 4.72 Å². The number of hydrogen-bond donors (Lipinski definition) is 1. The van der Waals surface area contributed by atoms with Gasteiger partial charge in [0.25, 0.3) is 5.91 Å². The minimum atomic E-state index is -3.26. The predicted molar refractivity (Wildman–Crippen MR) is 109 cm³/mol. The van der Waals surface area contributed by atoms with Crippen LogP contribution in [0.2, 0.25) is 0 Å². The van der Waals surface area contributed by atoms with Gasteiger partial charge in [-0.3, -0.25) is 9.59 Å². The molecule has 2 aromatic rings. The van der Waals surface area contributed by atoms with Gasteiger partial charge in [-0.05, 0) is 43.5 Å². The number of likely N-dealkylation sites (tertiary alicyclic amines) is 1. The second-order valence-corrected chi connectivity index (χ2v) is 9.85. The number of esters is 1. The van der Waals surface area contributed by atoms with Gasteiger partial charge in [0.2, 0.25) is 15.8 Å². The Morgan fingerprint density at radius 1 is 1.30 bits per heavy atom. The summed E-state index contributed by atoms with van der Waals surface area (Å²) in [6, 6.07) is 5.76. The molecule has 2 aromatic heterocycles. The fourth-order valence-electron chi connectivity index (χ4n) is 3.12. The van der Waals surface area contributed by atoms with Gasteiger partial charge >= 0.3 is 5.97 Å². The number of nitrogens with zero attached hydrogens (tertiary/aromatic N) is 1. The number of hydrogen-bond acceptors (Lipinski definition) is 8. The van der Waals surface area contributed by atoms with Gasteiger partial charge in [0, 0.05) is 18.0 Å². The van der Waals surface area contributed by atoms with E-state index < -0.39 is 28.6 Å². The van der Waals surface area contributed by atoms with Crippen molar-refractivity contribution in [3.63, 3.8) is 0 Å². The lowest BCUT2D eigenvalue weighted by Gasteiger charge is -2.22. The minimum Gasteiger partial charge on any atom is -0.459 e. The van der Waals surface area contributed by atoms with Crippen molar-refractivity contribution in [2.45, 2.75) is 25.3 Å². The van der Waals surface area contributed by atoms with Crippen molar-refractivity contribution >= 4 is 39.0 Å². The number of amides is 1. The minimum absolute atomic E-state index is 0.155. The molecule has 162 valence electrons. The third kappa shape index (κ3) is 5.77. The molecule has 0 bridgehead atoms. The van der Waals surface area contributed by atoms with E-state index in [-0.39, 0.29) is 24.0 Å². The molecule has 0 radical (unpaired) electrons. The lowest BCUT2D eigenvalue weighted by Crippen LogP contribution is -2.41. The number of ether oxygens (including phenoxy) is 1. The van der Waals surface area contributed by atoms with E-state index in [9.17, 15) is 22.8 Å². The normalized spacial score (nSPS) is 16.6. The Hall–Kier alpha value is -2.50. The van der Waals surface area contributed by atoms with E-state index in [1.54, 1.807) is 18.2 Å². The first-order valence-corrected chi connectivity index (χ1v) is 12.0. The van der Waals surface area contributed by atoms with Gasteiger partial charge in [-0.1, -0.05) is 0 Å². The van der Waals surface area contributed by atoms with Crippen molar-refractivity contribution < 1.29 is 32.0 Å². The van der Waals surface area contributed by atoms with Crippen LogP contribution in [-0.4, -0.2) is 63.0 Å². The highest BCUT2D eigenvalue weighted by molar-refractivity contribution is 7.88. The van der Waals surface area contributed by atoms with E-state index in [1.165, 1.54) is 28.6 Å². The van der Waals surface area contributed by atoms with Gasteiger partial charge in [-0.25, -0.2) is 17.9 Å². The van der Waals surface area contributed by atoms with Crippen LogP contribution in [0.1, 0.15) is 37.9 Å². The Kier molecular flexibility index (Phi) is 7.06. The van der Waals surface area contributed by atoms with Crippen LogP contribution in [0.5, 0.6) is 0 Å². The number of Topliss-reactive ketones (excluding diaryl/α,β-unsaturated/α-hetero) is 1. The van der Waals surface area contributed by atoms with Crippen molar-refractivity contribution in [2.24, 2.45) is 0 Å². The van der Waals surface area contributed by atoms with Crippen LogP contribution in [-0.2, 0) is 26.0 Å². The summed E-state index contributed by atoms with van der Waals surface area (Å²) in [7, 11) is -3.26. The van der Waals surface area contributed by atoms with Crippen LogP contribution in [0.4, 0.5) is 0 Å². The molecule has 1 aliphatic rings. The molecule has 3 rings (SSSR count). The Morgan fingerprint density at radius 2 is 2.10 bits per heavy atom. The lowest BCUT2D eigenvalue weighted by atomic mass is 10.2. The first-order valence-electron chi connectivity index (χ1n) is 9.32. The highest BCUT2D eigenvalue weighted by atomic mass is 32.2. The summed E-state index contributed by atoms with van der Waals surface area (Å²) in [6.45, 7) is 0.242. The Bertz CT molecular complexity index is 1010. The largest absolute Gasteiger partial charge is 0.459 e. The smallest absolute Gasteiger partial charge is 0.329 e. The summed E-state index contributed by atoms with van der Waals surface area (Å²) in [5.41, 5.74) is 0. The summed E-state index contributed by atoms with van der Waals surface area (Å²) in [5.74, 6) is -1.19. The van der Waals surface area contributed by atoms with Crippen molar-refractivity contribution in [1.82, 2.24) is 9.62 Å². The van der Waals surface area contributed by atoms with E-state index in [1.807, 2.05) is 0 Å². The van der Waals surface area contributed by atoms with E-state index in [4.69, 9.17) is 9.15 Å². The van der Waals surface area contributed by atoms with Crippen LogP contribution in [0.25, 0.3) is 0 Å². The monoisotopic (exact) mass is 454 g/mol. The molecule has 0 unspecified atom stereocenters. The molecule has 0 saturated carbocycles. The molecule has 1 amide bonds. The molecule has 11 heteroatoms. The quantitative estimate of drug-likeness (QED) is 0.449. The zero-order valence-electron chi connectivity index (χ0n) is 16.3. The standard InChI is InChI=1S/C19H22N2O7S2/c1-30(25,26)20-9-8-13-6-7-17(29-13)15(22)12-28-19(24)14-4-2-10-21(14)18(23)16-5-3-11-27-16/h3,5-7,11,14,20H,2,4,8-10,12H2,1H3/t14-/m0/s1. The fraction of sp³-hybridized carbons (Fsp3) is 0.421. The molecule has 30 heavy (non-hydrogen) atoms. The molecular weight excluding hydrogens is 432 g/mol. The zero-order valence-corrected chi connectivity index (χ0v) is 18.0. The number of carbonyl (C=O) groups excluding carboxylic acids is 3. The topological polar surface area (TPSA) is 123 Å². The maximum absolute atomic E-state index is 12.4. The number of rotatable bonds is 9. The van der Waals surface area contributed by atoms with Gasteiger partial charge < -0.3 is 14.1 Å². The van der Waals surface area contributed by atoms with Crippen LogP contribution >= 0.6 is 11.3 Å². The molecule has 1 N–H and O–H groups in total. The summed E-state index contributed by atoms with van der Waals surface area (Å²) >= 11 is 1.23. The average Bonchev–Trinajstić information content (AvgIpc) is 3.45. The fourth-order valence-corrected chi connectivity index (χ4v) is 4.53. The lowest BCUT2D eigenvalue weighted by molar-refractivity contribution is -0.147. The zero-order chi connectivity index (χ0) is 21.7. The summed E-state index contributed by atoms with van der Waals surface area (Å²) in [5, 5.41) is 0. The molecule has 9 nitrogen and oxygen atoms in total. The van der Waals surface area contributed by atoms with E-state index >= 15 is 0 Å². The molecule has 0 aromatic carbocycles. The maximum Gasteiger partial charge on any atom is 0.329 e. The Labute approximate surface area is 178 Å². The van der Waals surface area contributed by atoms with Crippen molar-refractivity contribution in [3.8, 4) is 0 Å². The van der Waals surface area contributed by atoms with Gasteiger partial charge in [0.05, 0.1) is 17.4 Å². The molecule has 0 spiro atoms. The molecular formula is C19H22N2O7S2. The highest BCUT2D eigenvalue weighted by Crippen LogP contribution is 2.22. The average molecular weight is 455 g/mol. The van der Waals surface area contributed by atoms with E-state index in [0.717, 1.165) is 11.1 Å². The SMILES string of the molecule is CS(=O)(=O)NCCc1ccc(C(=O)COC(=O)[C@@H]2CCCN2C(=O)c2ccco2)s1. The Balaban J connectivity index is 1.50. The molecule has 1 aliphatic heterocycles. The van der Waals surface area contributed by atoms with Gasteiger partial charge in [0.15, 0.2) is 12.4 Å². The first kappa shape index (κ1) is 22.2. The van der Waals surface area contributed by atoms with E-state index in [2.05, 4.69) is 4.72 Å². The molecule has 1 atom stereocenters. The third-order valence-electron chi connectivity index (χ3n) is 4.54. The van der Waals surface area contributed by atoms with E-state index in [0.29, 0.717) is 30.7 Å². The number of nitrogens with one attached hydrogen (secondary N) is 1. The van der Waals surface area contributed by atoms with Crippen LogP contribution in [0.3, 0.4) is 0 Å². The van der Waals surface area contributed by atoms with Gasteiger partial charge in [-0.15, -0.1) is 11.3 Å². The van der Waals surface area contributed by atoms with Crippen LogP contribution in [0, 0.1) is 0 Å². The molecule has 1 fully saturated rings. The van der Waals surface area contributed by atoms with Crippen molar-refractivity contribution in [1.29, 1.82) is 0 Å². The molecule has 3 heterocycles. The molecule has 0 aliphatic carbocycles. The van der Waals surface area contributed by atoms with Gasteiger partial charge in [-0.2, -0.15) is 0 Å². The highest BCUT2D eigenvalue weighted by Gasteiger charge is 2.36. The summed E-state index contributed by atoms with van der Waals surface area (Å²) in [4.78, 5) is 39.9. The second kappa shape index (κ2) is 9.54.